The molecule has 2 aromatic carbocycles. The number of benzene rings is 2. The van der Waals surface area contributed by atoms with Gasteiger partial charge in [0.1, 0.15) is 5.75 Å². The molecular formula is C17H17NO4. The summed E-state index contributed by atoms with van der Waals surface area (Å²) in [6.45, 7) is 1.73. The second kappa shape index (κ2) is 7.26. The molecule has 0 saturated heterocycles. The summed E-state index contributed by atoms with van der Waals surface area (Å²) in [6.07, 6.45) is -0.620. The number of amides is 1. The SMILES string of the molecule is CCC(Oc1ccccc1NC(=O)c1ccccc1)C(=O)O. The van der Waals surface area contributed by atoms with Gasteiger partial charge in [0.15, 0.2) is 6.10 Å². The van der Waals surface area contributed by atoms with Crippen molar-refractivity contribution < 1.29 is 19.4 Å². The maximum absolute atomic E-state index is 12.2. The second-order valence-corrected chi connectivity index (χ2v) is 4.67. The zero-order valence-corrected chi connectivity index (χ0v) is 12.2. The van der Waals surface area contributed by atoms with Crippen LogP contribution in [-0.2, 0) is 4.79 Å². The largest absolute Gasteiger partial charge is 0.479 e. The molecule has 2 N–H and O–H groups in total. The van der Waals surface area contributed by atoms with E-state index in [1.165, 1.54) is 0 Å². The zero-order valence-electron chi connectivity index (χ0n) is 12.2. The number of carbonyl (C=O) groups excluding carboxylic acids is 1. The van der Waals surface area contributed by atoms with Crippen LogP contribution in [0.2, 0.25) is 0 Å². The van der Waals surface area contributed by atoms with Gasteiger partial charge in [0.2, 0.25) is 0 Å². The molecule has 114 valence electrons. The molecule has 0 radical (unpaired) electrons. The van der Waals surface area contributed by atoms with Gasteiger partial charge < -0.3 is 15.2 Å². The molecule has 22 heavy (non-hydrogen) atoms. The van der Waals surface area contributed by atoms with Crippen molar-refractivity contribution >= 4 is 17.6 Å². The molecule has 0 aliphatic heterocycles. The molecule has 0 aliphatic carbocycles. The van der Waals surface area contributed by atoms with Crippen LogP contribution in [0.4, 0.5) is 5.69 Å². The Bertz CT molecular complexity index is 655. The highest BCUT2D eigenvalue weighted by Gasteiger charge is 2.19. The molecule has 0 fully saturated rings. The molecule has 0 spiro atoms. The number of anilines is 1. The first-order valence-electron chi connectivity index (χ1n) is 6.96. The lowest BCUT2D eigenvalue weighted by atomic mass is 10.2. The molecule has 5 heteroatoms. The van der Waals surface area contributed by atoms with E-state index in [1.54, 1.807) is 55.5 Å². The number of rotatable bonds is 6. The molecule has 0 bridgehead atoms. The van der Waals surface area contributed by atoms with Crippen molar-refractivity contribution in [1.82, 2.24) is 0 Å². The standard InChI is InChI=1S/C17H17NO4/c1-2-14(17(20)21)22-15-11-7-6-10-13(15)18-16(19)12-8-4-3-5-9-12/h3-11,14H,2H2,1H3,(H,18,19)(H,20,21). The van der Waals surface area contributed by atoms with E-state index in [0.717, 1.165) is 0 Å². The molecule has 0 aliphatic rings. The van der Waals surface area contributed by atoms with Gasteiger partial charge in [0.05, 0.1) is 5.69 Å². The number of carboxylic acids is 1. The van der Waals surface area contributed by atoms with Crippen LogP contribution in [0.5, 0.6) is 5.75 Å². The number of aliphatic carboxylic acids is 1. The van der Waals surface area contributed by atoms with E-state index in [1.807, 2.05) is 6.07 Å². The molecule has 0 aromatic heterocycles. The monoisotopic (exact) mass is 299 g/mol. The van der Waals surface area contributed by atoms with E-state index < -0.39 is 12.1 Å². The van der Waals surface area contributed by atoms with Gasteiger partial charge >= 0.3 is 5.97 Å². The highest BCUT2D eigenvalue weighted by molar-refractivity contribution is 6.05. The summed E-state index contributed by atoms with van der Waals surface area (Å²) in [6, 6.07) is 15.5. The first kappa shape index (κ1) is 15.6. The van der Waals surface area contributed by atoms with Crippen LogP contribution >= 0.6 is 0 Å². The Hall–Kier alpha value is -2.82. The van der Waals surface area contributed by atoms with Crippen LogP contribution < -0.4 is 10.1 Å². The first-order chi connectivity index (χ1) is 10.6. The van der Waals surface area contributed by atoms with Crippen molar-refractivity contribution in [1.29, 1.82) is 0 Å². The molecule has 1 atom stereocenters. The lowest BCUT2D eigenvalue weighted by Gasteiger charge is -2.16. The predicted molar refractivity (Wildman–Crippen MR) is 83.2 cm³/mol. The average molecular weight is 299 g/mol. The van der Waals surface area contributed by atoms with E-state index in [2.05, 4.69) is 5.32 Å². The minimum absolute atomic E-state index is 0.278. The third-order valence-electron chi connectivity index (χ3n) is 3.09. The van der Waals surface area contributed by atoms with Crippen molar-refractivity contribution in [2.24, 2.45) is 0 Å². The molecular weight excluding hydrogens is 282 g/mol. The van der Waals surface area contributed by atoms with E-state index >= 15 is 0 Å². The summed E-state index contributed by atoms with van der Waals surface area (Å²) in [4.78, 5) is 23.3. The molecule has 1 amide bonds. The first-order valence-corrected chi connectivity index (χ1v) is 6.96. The second-order valence-electron chi connectivity index (χ2n) is 4.67. The highest BCUT2D eigenvalue weighted by atomic mass is 16.5. The fraction of sp³-hybridized carbons (Fsp3) is 0.176. The molecule has 1 unspecified atom stereocenters. The summed E-state index contributed by atoms with van der Waals surface area (Å²) < 4.78 is 5.48. The van der Waals surface area contributed by atoms with E-state index in [0.29, 0.717) is 23.4 Å². The Morgan fingerprint density at radius 1 is 1.09 bits per heavy atom. The Kier molecular flexibility index (Phi) is 5.14. The number of carbonyl (C=O) groups is 2. The van der Waals surface area contributed by atoms with Crippen molar-refractivity contribution in [3.63, 3.8) is 0 Å². The molecule has 5 nitrogen and oxygen atoms in total. The summed E-state index contributed by atoms with van der Waals surface area (Å²) in [5.41, 5.74) is 0.957. The van der Waals surface area contributed by atoms with Crippen LogP contribution in [0.1, 0.15) is 23.7 Å². The summed E-state index contributed by atoms with van der Waals surface area (Å²) >= 11 is 0. The Morgan fingerprint density at radius 2 is 1.73 bits per heavy atom. The van der Waals surface area contributed by atoms with Gasteiger partial charge in [-0.1, -0.05) is 37.3 Å². The lowest BCUT2D eigenvalue weighted by Crippen LogP contribution is -2.26. The summed E-state index contributed by atoms with van der Waals surface area (Å²) in [7, 11) is 0. The third-order valence-corrected chi connectivity index (χ3v) is 3.09. The van der Waals surface area contributed by atoms with Crippen LogP contribution in [0.25, 0.3) is 0 Å². The fourth-order valence-electron chi connectivity index (χ4n) is 1.92. The molecule has 2 aromatic rings. The number of hydrogen-bond acceptors (Lipinski definition) is 3. The number of para-hydroxylation sites is 2. The third kappa shape index (κ3) is 3.85. The van der Waals surface area contributed by atoms with E-state index in [-0.39, 0.29) is 5.91 Å². The van der Waals surface area contributed by atoms with Gasteiger partial charge in [-0.25, -0.2) is 4.79 Å². The van der Waals surface area contributed by atoms with Crippen LogP contribution in [0, 0.1) is 0 Å². The average Bonchev–Trinajstić information content (AvgIpc) is 2.54. The zero-order chi connectivity index (χ0) is 15.9. The normalized spacial score (nSPS) is 11.5. The van der Waals surface area contributed by atoms with Crippen LogP contribution in [0.3, 0.4) is 0 Å². The van der Waals surface area contributed by atoms with Crippen molar-refractivity contribution in [3.8, 4) is 5.75 Å². The van der Waals surface area contributed by atoms with E-state index in [4.69, 9.17) is 9.84 Å². The minimum Gasteiger partial charge on any atom is -0.479 e. The maximum Gasteiger partial charge on any atom is 0.344 e. The van der Waals surface area contributed by atoms with Crippen molar-refractivity contribution in [2.45, 2.75) is 19.4 Å². The summed E-state index contributed by atoms with van der Waals surface area (Å²) in [5, 5.41) is 11.8. The quantitative estimate of drug-likeness (QED) is 0.859. The lowest BCUT2D eigenvalue weighted by molar-refractivity contribution is -0.145. The predicted octanol–water partition coefficient (Wildman–Crippen LogP) is 3.18. The summed E-state index contributed by atoms with van der Waals surface area (Å²) in [5.74, 6) is -0.979. The number of carboxylic acid groups (broad SMARTS) is 1. The Balaban J connectivity index is 2.18. The van der Waals surface area contributed by atoms with Gasteiger partial charge in [-0.3, -0.25) is 4.79 Å². The van der Waals surface area contributed by atoms with Crippen LogP contribution in [-0.4, -0.2) is 23.1 Å². The Morgan fingerprint density at radius 3 is 2.36 bits per heavy atom. The van der Waals surface area contributed by atoms with Gasteiger partial charge in [-0.2, -0.15) is 0 Å². The van der Waals surface area contributed by atoms with Gasteiger partial charge in [0.25, 0.3) is 5.91 Å². The maximum atomic E-state index is 12.2. The number of hydrogen-bond donors (Lipinski definition) is 2. The highest BCUT2D eigenvalue weighted by Crippen LogP contribution is 2.26. The molecule has 0 heterocycles. The molecule has 2 rings (SSSR count). The smallest absolute Gasteiger partial charge is 0.344 e. The number of ether oxygens (including phenoxy) is 1. The minimum atomic E-state index is -1.04. The topological polar surface area (TPSA) is 75.6 Å². The fourth-order valence-corrected chi connectivity index (χ4v) is 1.92. The van der Waals surface area contributed by atoms with Gasteiger partial charge in [-0.15, -0.1) is 0 Å². The van der Waals surface area contributed by atoms with Gasteiger partial charge in [-0.05, 0) is 30.7 Å². The van der Waals surface area contributed by atoms with E-state index in [9.17, 15) is 9.59 Å². The van der Waals surface area contributed by atoms with Gasteiger partial charge in [0, 0.05) is 5.56 Å². The van der Waals surface area contributed by atoms with Crippen LogP contribution in [0.15, 0.2) is 54.6 Å². The Labute approximate surface area is 128 Å². The van der Waals surface area contributed by atoms with Crippen molar-refractivity contribution in [2.75, 3.05) is 5.32 Å². The van der Waals surface area contributed by atoms with Crippen molar-refractivity contribution in [3.05, 3.63) is 60.2 Å². The molecule has 0 saturated carbocycles. The number of nitrogens with one attached hydrogen (secondary N) is 1.